The summed E-state index contributed by atoms with van der Waals surface area (Å²) in [6.45, 7) is 1.56. The number of aliphatic hydroxyl groups excluding tert-OH is 3. The van der Waals surface area contributed by atoms with Crippen LogP contribution in [0.25, 0.3) is 0 Å². The van der Waals surface area contributed by atoms with Crippen LogP contribution in [0.2, 0.25) is 0 Å². The second-order valence-corrected chi connectivity index (χ2v) is 4.25. The van der Waals surface area contributed by atoms with Gasteiger partial charge in [-0.1, -0.05) is 0 Å². The van der Waals surface area contributed by atoms with E-state index >= 15 is 0 Å². The molecule has 0 aromatic heterocycles. The zero-order chi connectivity index (χ0) is 13.3. The van der Waals surface area contributed by atoms with Crippen LogP contribution in [-0.4, -0.2) is 46.0 Å². The molecule has 1 aliphatic rings. The fraction of sp³-hybridized carbons (Fsp3) is 0.500. The van der Waals surface area contributed by atoms with Crippen LogP contribution in [0.5, 0.6) is 5.75 Å². The lowest BCUT2D eigenvalue weighted by atomic mass is 10.00. The van der Waals surface area contributed by atoms with Crippen molar-refractivity contribution in [2.75, 3.05) is 0 Å². The normalized spacial score (nSPS) is 36.4. The largest absolute Gasteiger partial charge is 0.462 e. The summed E-state index contributed by atoms with van der Waals surface area (Å²) in [5.74, 6) is -0.104. The molecule has 0 radical (unpaired) electrons. The van der Waals surface area contributed by atoms with E-state index in [-0.39, 0.29) is 0 Å². The predicted octanol–water partition coefficient (Wildman–Crippen LogP) is 0.0320. The van der Waals surface area contributed by atoms with Crippen molar-refractivity contribution >= 4 is 0 Å². The molecule has 0 bridgehead atoms. The second-order valence-electron chi connectivity index (χ2n) is 4.25. The number of halogens is 1. The van der Waals surface area contributed by atoms with Crippen molar-refractivity contribution in [1.29, 1.82) is 0 Å². The van der Waals surface area contributed by atoms with Crippen LogP contribution in [0.4, 0.5) is 4.39 Å². The van der Waals surface area contributed by atoms with Gasteiger partial charge in [-0.15, -0.1) is 0 Å². The maximum absolute atomic E-state index is 12.7. The SMILES string of the molecule is C[C@@H]1O[C@H](Oc2ccc(F)cc2)[C@@H](O)[C@H](O)[C@@H]1O. The first kappa shape index (κ1) is 13.2. The van der Waals surface area contributed by atoms with Gasteiger partial charge in [0.15, 0.2) is 0 Å². The molecular weight excluding hydrogens is 243 g/mol. The summed E-state index contributed by atoms with van der Waals surface area (Å²) in [6, 6.07) is 5.18. The summed E-state index contributed by atoms with van der Waals surface area (Å²) in [6.07, 6.45) is -5.67. The topological polar surface area (TPSA) is 79.2 Å². The molecule has 100 valence electrons. The highest BCUT2D eigenvalue weighted by Gasteiger charge is 2.43. The van der Waals surface area contributed by atoms with E-state index in [4.69, 9.17) is 9.47 Å². The summed E-state index contributed by atoms with van der Waals surface area (Å²) in [5, 5.41) is 28.8. The third-order valence-corrected chi connectivity index (χ3v) is 2.87. The summed E-state index contributed by atoms with van der Waals surface area (Å²) in [7, 11) is 0. The Morgan fingerprint density at radius 2 is 1.67 bits per heavy atom. The molecule has 5 nitrogen and oxygen atoms in total. The molecule has 2 rings (SSSR count). The molecule has 5 atom stereocenters. The van der Waals surface area contributed by atoms with Gasteiger partial charge in [-0.3, -0.25) is 0 Å². The van der Waals surface area contributed by atoms with E-state index in [9.17, 15) is 19.7 Å². The van der Waals surface area contributed by atoms with Crippen molar-refractivity contribution in [3.63, 3.8) is 0 Å². The minimum Gasteiger partial charge on any atom is -0.462 e. The number of ether oxygens (including phenoxy) is 2. The van der Waals surface area contributed by atoms with E-state index in [2.05, 4.69) is 0 Å². The van der Waals surface area contributed by atoms with Gasteiger partial charge in [0, 0.05) is 0 Å². The van der Waals surface area contributed by atoms with Crippen molar-refractivity contribution in [2.24, 2.45) is 0 Å². The fourth-order valence-electron chi connectivity index (χ4n) is 1.76. The van der Waals surface area contributed by atoms with Gasteiger partial charge in [0.05, 0.1) is 6.10 Å². The molecule has 1 aromatic carbocycles. The molecule has 0 amide bonds. The van der Waals surface area contributed by atoms with Gasteiger partial charge in [0.25, 0.3) is 0 Å². The summed E-state index contributed by atoms with van der Waals surface area (Å²) in [4.78, 5) is 0. The maximum Gasteiger partial charge on any atom is 0.229 e. The molecule has 0 saturated carbocycles. The number of hydrogen-bond acceptors (Lipinski definition) is 5. The Balaban J connectivity index is 2.06. The maximum atomic E-state index is 12.7. The predicted molar refractivity (Wildman–Crippen MR) is 59.4 cm³/mol. The molecule has 1 aliphatic heterocycles. The smallest absolute Gasteiger partial charge is 0.229 e. The van der Waals surface area contributed by atoms with E-state index in [1.807, 2.05) is 0 Å². The van der Waals surface area contributed by atoms with Crippen molar-refractivity contribution in [3.8, 4) is 5.75 Å². The van der Waals surface area contributed by atoms with Crippen molar-refractivity contribution in [2.45, 2.75) is 37.6 Å². The van der Waals surface area contributed by atoms with Gasteiger partial charge >= 0.3 is 0 Å². The first-order chi connectivity index (χ1) is 8.49. The summed E-state index contributed by atoms with van der Waals surface area (Å²) in [5.41, 5.74) is 0. The average Bonchev–Trinajstić information content (AvgIpc) is 2.36. The minimum absolute atomic E-state index is 0.302. The van der Waals surface area contributed by atoms with Crippen LogP contribution < -0.4 is 4.74 Å². The van der Waals surface area contributed by atoms with Crippen molar-refractivity contribution < 1.29 is 29.2 Å². The molecule has 18 heavy (non-hydrogen) atoms. The van der Waals surface area contributed by atoms with Crippen LogP contribution >= 0.6 is 0 Å². The van der Waals surface area contributed by atoms with E-state index in [1.54, 1.807) is 6.92 Å². The minimum atomic E-state index is -1.37. The third kappa shape index (κ3) is 2.62. The van der Waals surface area contributed by atoms with Gasteiger partial charge in [-0.05, 0) is 31.2 Å². The Kier molecular flexibility index (Phi) is 3.82. The lowest BCUT2D eigenvalue weighted by Crippen LogP contribution is -2.58. The molecule has 6 heteroatoms. The van der Waals surface area contributed by atoms with E-state index < -0.39 is 36.5 Å². The van der Waals surface area contributed by atoms with Gasteiger partial charge in [0.2, 0.25) is 6.29 Å². The number of benzene rings is 1. The Morgan fingerprint density at radius 3 is 2.28 bits per heavy atom. The zero-order valence-corrected chi connectivity index (χ0v) is 9.73. The molecule has 1 heterocycles. The first-order valence-corrected chi connectivity index (χ1v) is 5.61. The Bertz CT molecular complexity index is 396. The van der Waals surface area contributed by atoms with Crippen LogP contribution in [0, 0.1) is 5.82 Å². The van der Waals surface area contributed by atoms with Gasteiger partial charge in [0.1, 0.15) is 29.9 Å². The zero-order valence-electron chi connectivity index (χ0n) is 9.73. The second kappa shape index (κ2) is 5.19. The monoisotopic (exact) mass is 258 g/mol. The molecule has 0 spiro atoms. The van der Waals surface area contributed by atoms with E-state index in [1.165, 1.54) is 24.3 Å². The first-order valence-electron chi connectivity index (χ1n) is 5.61. The highest BCUT2D eigenvalue weighted by molar-refractivity contribution is 5.22. The number of hydrogen-bond donors (Lipinski definition) is 3. The molecule has 1 saturated heterocycles. The highest BCUT2D eigenvalue weighted by atomic mass is 19.1. The quantitative estimate of drug-likeness (QED) is 0.697. The molecule has 1 fully saturated rings. The third-order valence-electron chi connectivity index (χ3n) is 2.87. The van der Waals surface area contributed by atoms with Gasteiger partial charge < -0.3 is 24.8 Å². The summed E-state index contributed by atoms with van der Waals surface area (Å²) >= 11 is 0. The Labute approximate surface area is 103 Å². The summed E-state index contributed by atoms with van der Waals surface area (Å²) < 4.78 is 23.2. The van der Waals surface area contributed by atoms with Crippen LogP contribution in [-0.2, 0) is 4.74 Å². The lowest BCUT2D eigenvalue weighted by molar-refractivity contribution is -0.268. The van der Waals surface area contributed by atoms with Crippen LogP contribution in [0.3, 0.4) is 0 Å². The van der Waals surface area contributed by atoms with Gasteiger partial charge in [-0.25, -0.2) is 4.39 Å². The molecule has 3 N–H and O–H groups in total. The lowest BCUT2D eigenvalue weighted by Gasteiger charge is -2.38. The Morgan fingerprint density at radius 1 is 1.06 bits per heavy atom. The fourth-order valence-corrected chi connectivity index (χ4v) is 1.76. The van der Waals surface area contributed by atoms with Crippen LogP contribution in [0.15, 0.2) is 24.3 Å². The number of aliphatic hydroxyl groups is 3. The highest BCUT2D eigenvalue weighted by Crippen LogP contribution is 2.24. The van der Waals surface area contributed by atoms with E-state index in [0.29, 0.717) is 5.75 Å². The molecule has 1 aromatic rings. The average molecular weight is 258 g/mol. The number of rotatable bonds is 2. The standard InChI is InChI=1S/C12H15FO5/c1-6-9(14)10(15)11(16)12(17-6)18-8-4-2-7(13)3-5-8/h2-6,9-12,14-16H,1H3/t6-,9+,10+,11-,12+/m0/s1. The molecule has 0 aliphatic carbocycles. The molecule has 0 unspecified atom stereocenters. The van der Waals surface area contributed by atoms with Gasteiger partial charge in [-0.2, -0.15) is 0 Å². The van der Waals surface area contributed by atoms with Crippen molar-refractivity contribution in [1.82, 2.24) is 0 Å². The van der Waals surface area contributed by atoms with Crippen molar-refractivity contribution in [3.05, 3.63) is 30.1 Å². The van der Waals surface area contributed by atoms with Crippen LogP contribution in [0.1, 0.15) is 6.92 Å². The molecular formula is C12H15FO5. The Hall–Kier alpha value is -1.21. The van der Waals surface area contributed by atoms with E-state index in [0.717, 1.165) is 0 Å².